The Balaban J connectivity index is 1.58. The second-order valence-corrected chi connectivity index (χ2v) is 10.6. The first-order valence-electron chi connectivity index (χ1n) is 11.9. The molecule has 1 N–H and O–H groups in total. The summed E-state index contributed by atoms with van der Waals surface area (Å²) in [7, 11) is -2.72. The van der Waals surface area contributed by atoms with Gasteiger partial charge in [-0.3, -0.25) is 14.1 Å². The summed E-state index contributed by atoms with van der Waals surface area (Å²) >= 11 is 0. The van der Waals surface area contributed by atoms with Crippen molar-refractivity contribution >= 4 is 26.7 Å². The molecular formula is C28H20F4N4O4S. The molecule has 0 unspecified atom stereocenters. The predicted octanol–water partition coefficient (Wildman–Crippen LogP) is 5.72. The third-order valence-electron chi connectivity index (χ3n) is 6.17. The van der Waals surface area contributed by atoms with Crippen LogP contribution in [0.5, 0.6) is 5.75 Å². The van der Waals surface area contributed by atoms with Gasteiger partial charge in [0.2, 0.25) is 0 Å². The van der Waals surface area contributed by atoms with Crippen molar-refractivity contribution < 1.29 is 30.7 Å². The van der Waals surface area contributed by atoms with Crippen molar-refractivity contribution in [1.29, 1.82) is 0 Å². The fourth-order valence-electron chi connectivity index (χ4n) is 4.31. The molecule has 0 fully saturated rings. The lowest BCUT2D eigenvalue weighted by atomic mass is 10.0. The average Bonchev–Trinajstić information content (AvgIpc) is 2.91. The van der Waals surface area contributed by atoms with E-state index in [1.54, 1.807) is 6.92 Å². The largest absolute Gasteiger partial charge is 0.495 e. The summed E-state index contributed by atoms with van der Waals surface area (Å²) in [5, 5.41) is 0.400. The van der Waals surface area contributed by atoms with E-state index in [9.17, 15) is 30.8 Å². The summed E-state index contributed by atoms with van der Waals surface area (Å²) in [5.41, 5.74) is -0.846. The Morgan fingerprint density at radius 2 is 1.71 bits per heavy atom. The number of hydrogen-bond acceptors (Lipinski definition) is 6. The number of ether oxygens (including phenoxy) is 1. The van der Waals surface area contributed by atoms with Crippen molar-refractivity contribution in [2.75, 3.05) is 11.8 Å². The highest BCUT2D eigenvalue weighted by atomic mass is 32.2. The number of rotatable bonds is 6. The summed E-state index contributed by atoms with van der Waals surface area (Å²) in [6.07, 6.45) is -3.33. The van der Waals surface area contributed by atoms with Crippen molar-refractivity contribution in [1.82, 2.24) is 14.5 Å². The van der Waals surface area contributed by atoms with Crippen molar-refractivity contribution in [2.45, 2.75) is 18.0 Å². The third kappa shape index (κ3) is 5.61. The number of nitrogens with one attached hydrogen (secondary N) is 1. The van der Waals surface area contributed by atoms with E-state index in [4.69, 9.17) is 4.74 Å². The van der Waals surface area contributed by atoms with E-state index < -0.39 is 33.1 Å². The van der Waals surface area contributed by atoms with Crippen LogP contribution in [-0.2, 0) is 16.2 Å². The number of benzene rings is 3. The lowest BCUT2D eigenvalue weighted by Crippen LogP contribution is -2.19. The van der Waals surface area contributed by atoms with Gasteiger partial charge in [0.05, 0.1) is 28.8 Å². The molecule has 8 nitrogen and oxygen atoms in total. The van der Waals surface area contributed by atoms with Crippen molar-refractivity contribution in [3.63, 3.8) is 0 Å². The Kier molecular flexibility index (Phi) is 6.99. The van der Waals surface area contributed by atoms with E-state index in [0.717, 1.165) is 12.1 Å². The zero-order chi connectivity index (χ0) is 29.5. The van der Waals surface area contributed by atoms with Crippen LogP contribution in [0.1, 0.15) is 11.4 Å². The van der Waals surface area contributed by atoms with Crippen molar-refractivity contribution in [3.8, 4) is 22.6 Å². The molecule has 0 aliphatic carbocycles. The summed E-state index contributed by atoms with van der Waals surface area (Å²) < 4.78 is 88.9. The molecule has 0 aliphatic heterocycles. The smallest absolute Gasteiger partial charge is 0.416 e. The fourth-order valence-corrected chi connectivity index (χ4v) is 5.35. The number of hydrogen-bond donors (Lipinski definition) is 1. The lowest BCUT2D eigenvalue weighted by Gasteiger charge is -2.16. The van der Waals surface area contributed by atoms with Crippen LogP contribution in [0, 0.1) is 12.7 Å². The van der Waals surface area contributed by atoms with Crippen LogP contribution >= 0.6 is 0 Å². The Morgan fingerprint density at radius 1 is 0.927 bits per heavy atom. The van der Waals surface area contributed by atoms with Gasteiger partial charge in [-0.25, -0.2) is 22.8 Å². The summed E-state index contributed by atoms with van der Waals surface area (Å²) in [6, 6.07) is 14.7. The van der Waals surface area contributed by atoms with E-state index in [1.807, 2.05) is 0 Å². The van der Waals surface area contributed by atoms with Gasteiger partial charge < -0.3 is 4.74 Å². The highest BCUT2D eigenvalue weighted by Gasteiger charge is 2.31. The molecule has 0 amide bonds. The Labute approximate surface area is 230 Å². The van der Waals surface area contributed by atoms with Crippen LogP contribution in [-0.4, -0.2) is 30.1 Å². The van der Waals surface area contributed by atoms with Gasteiger partial charge >= 0.3 is 6.18 Å². The van der Waals surface area contributed by atoms with Crippen LogP contribution < -0.4 is 15.0 Å². The minimum Gasteiger partial charge on any atom is -0.495 e. The number of anilines is 1. The van der Waals surface area contributed by atoms with E-state index >= 15 is 0 Å². The molecule has 2 heterocycles. The SMILES string of the molecule is COc1cc(-c2cc(F)cc(C(F)(F)F)c2)ccc1-n1c(=O)ccc2cc(S(=O)(=O)Nc3ccnc(C)n3)ccc21. The first-order valence-corrected chi connectivity index (χ1v) is 13.4. The lowest BCUT2D eigenvalue weighted by molar-refractivity contribution is -0.137. The van der Waals surface area contributed by atoms with E-state index in [0.29, 0.717) is 22.8 Å². The highest BCUT2D eigenvalue weighted by molar-refractivity contribution is 7.92. The number of halogens is 4. The predicted molar refractivity (Wildman–Crippen MR) is 144 cm³/mol. The molecule has 3 aromatic carbocycles. The molecule has 5 aromatic rings. The van der Waals surface area contributed by atoms with Gasteiger partial charge in [-0.05, 0) is 78.7 Å². The average molecular weight is 585 g/mol. The second-order valence-electron chi connectivity index (χ2n) is 8.94. The molecule has 41 heavy (non-hydrogen) atoms. The minimum atomic E-state index is -4.74. The van der Waals surface area contributed by atoms with Crippen LogP contribution in [0.25, 0.3) is 27.7 Å². The van der Waals surface area contributed by atoms with Gasteiger partial charge in [0.25, 0.3) is 15.6 Å². The Morgan fingerprint density at radius 3 is 2.41 bits per heavy atom. The van der Waals surface area contributed by atoms with Crippen LogP contribution in [0.2, 0.25) is 0 Å². The highest BCUT2D eigenvalue weighted by Crippen LogP contribution is 2.36. The third-order valence-corrected chi connectivity index (χ3v) is 7.52. The molecule has 0 radical (unpaired) electrons. The van der Waals surface area contributed by atoms with Gasteiger partial charge in [-0.2, -0.15) is 13.2 Å². The normalized spacial score (nSPS) is 12.0. The number of alkyl halides is 3. The zero-order valence-electron chi connectivity index (χ0n) is 21.4. The van der Waals surface area contributed by atoms with Crippen LogP contribution in [0.4, 0.5) is 23.4 Å². The quantitative estimate of drug-likeness (QED) is 0.256. The molecular weight excluding hydrogens is 564 g/mol. The summed E-state index contributed by atoms with van der Waals surface area (Å²) in [5.74, 6) is -0.468. The molecule has 0 saturated heterocycles. The Bertz CT molecular complexity index is 1980. The molecule has 0 bridgehead atoms. The van der Waals surface area contributed by atoms with Crippen molar-refractivity contribution in [3.05, 3.63) is 107 Å². The van der Waals surface area contributed by atoms with E-state index in [-0.39, 0.29) is 33.3 Å². The molecule has 0 aliphatic rings. The molecule has 5 rings (SSSR count). The fraction of sp³-hybridized carbons (Fsp3) is 0.107. The van der Waals surface area contributed by atoms with Gasteiger partial charge in [0.1, 0.15) is 23.2 Å². The Hall–Kier alpha value is -4.78. The number of fused-ring (bicyclic) bond motifs is 1. The molecule has 2 aromatic heterocycles. The number of nitrogens with zero attached hydrogens (tertiary/aromatic N) is 3. The molecule has 0 spiro atoms. The van der Waals surface area contributed by atoms with Crippen LogP contribution in [0.3, 0.4) is 0 Å². The number of aryl methyl sites for hydroxylation is 1. The van der Waals surface area contributed by atoms with Gasteiger partial charge in [-0.15, -0.1) is 0 Å². The van der Waals surface area contributed by atoms with Crippen LogP contribution in [0.15, 0.2) is 88.7 Å². The van der Waals surface area contributed by atoms with Gasteiger partial charge in [-0.1, -0.05) is 6.07 Å². The first kappa shape index (κ1) is 27.8. The number of pyridine rings is 1. The summed E-state index contributed by atoms with van der Waals surface area (Å²) in [4.78, 5) is 20.9. The maximum atomic E-state index is 14.0. The molecule has 0 saturated carbocycles. The number of sulfonamides is 1. The summed E-state index contributed by atoms with van der Waals surface area (Å²) in [6.45, 7) is 1.62. The minimum absolute atomic E-state index is 0.0336. The molecule has 210 valence electrons. The number of aromatic nitrogens is 3. The second kappa shape index (κ2) is 10.3. The first-order chi connectivity index (χ1) is 19.4. The maximum absolute atomic E-state index is 14.0. The molecule has 13 heteroatoms. The standard InChI is InChI=1S/C28H20F4N4O4S/c1-16-33-10-9-26(34-16)35-41(38,39)22-5-7-23-18(13-22)4-8-27(37)36(23)24-6-3-17(14-25(24)40-2)19-11-20(28(30,31)32)15-21(29)12-19/h3-15H,1-2H3,(H,33,34,35). The monoisotopic (exact) mass is 584 g/mol. The zero-order valence-corrected chi connectivity index (χ0v) is 22.2. The number of methoxy groups -OCH3 is 1. The van der Waals surface area contributed by atoms with E-state index in [1.165, 1.54) is 72.5 Å². The topological polar surface area (TPSA) is 103 Å². The van der Waals surface area contributed by atoms with Gasteiger partial charge in [0.15, 0.2) is 0 Å². The van der Waals surface area contributed by atoms with E-state index in [2.05, 4.69) is 14.7 Å². The maximum Gasteiger partial charge on any atom is 0.416 e. The molecule has 0 atom stereocenters. The van der Waals surface area contributed by atoms with Crippen molar-refractivity contribution in [2.24, 2.45) is 0 Å². The van der Waals surface area contributed by atoms with Gasteiger partial charge in [0, 0.05) is 17.6 Å².